The van der Waals surface area contributed by atoms with Gasteiger partial charge in [0.15, 0.2) is 0 Å². The highest BCUT2D eigenvalue weighted by Gasteiger charge is 2.16. The van der Waals surface area contributed by atoms with Gasteiger partial charge in [-0.05, 0) is 30.2 Å². The lowest BCUT2D eigenvalue weighted by molar-refractivity contribution is -0.116. The largest absolute Gasteiger partial charge is 0.351 e. The Hall–Kier alpha value is -1.88. The van der Waals surface area contributed by atoms with Crippen LogP contribution in [0.25, 0.3) is 0 Å². The molecule has 1 aliphatic heterocycles. The molecule has 0 spiro atoms. The number of anilines is 1. The van der Waals surface area contributed by atoms with E-state index in [0.717, 1.165) is 11.3 Å². The molecule has 0 bridgehead atoms. The van der Waals surface area contributed by atoms with Gasteiger partial charge in [0.1, 0.15) is 0 Å². The standard InChI is InChI=1S/C12H15N3O2/c13-5-6-14-12(17)9-1-3-10-8(7-9)2-4-11(16)15-10/h1,3,7H,2,4-6,13H2,(H,14,17)(H,15,16). The van der Waals surface area contributed by atoms with Crippen LogP contribution in [0.15, 0.2) is 18.2 Å². The third-order valence-corrected chi connectivity index (χ3v) is 2.69. The summed E-state index contributed by atoms with van der Waals surface area (Å²) >= 11 is 0. The fraction of sp³-hybridized carbons (Fsp3) is 0.333. The van der Waals surface area contributed by atoms with Crippen LogP contribution in [-0.4, -0.2) is 24.9 Å². The van der Waals surface area contributed by atoms with Crippen LogP contribution in [0.1, 0.15) is 22.3 Å². The van der Waals surface area contributed by atoms with Crippen molar-refractivity contribution in [2.75, 3.05) is 18.4 Å². The molecular weight excluding hydrogens is 218 g/mol. The number of nitrogens with two attached hydrogens (primary N) is 1. The van der Waals surface area contributed by atoms with Crippen molar-refractivity contribution in [3.05, 3.63) is 29.3 Å². The molecule has 0 saturated carbocycles. The lowest BCUT2D eigenvalue weighted by Crippen LogP contribution is -2.29. The number of carbonyl (C=O) groups excluding carboxylic acids is 2. The molecule has 0 unspecified atom stereocenters. The molecule has 5 heteroatoms. The number of aryl methyl sites for hydroxylation is 1. The monoisotopic (exact) mass is 233 g/mol. The number of hydrogen-bond acceptors (Lipinski definition) is 3. The minimum Gasteiger partial charge on any atom is -0.351 e. The average Bonchev–Trinajstić information content (AvgIpc) is 2.35. The number of nitrogens with one attached hydrogen (secondary N) is 2. The van der Waals surface area contributed by atoms with Crippen LogP contribution in [0.5, 0.6) is 0 Å². The Morgan fingerprint density at radius 3 is 3.00 bits per heavy atom. The number of hydrogen-bond donors (Lipinski definition) is 3. The summed E-state index contributed by atoms with van der Waals surface area (Å²) in [7, 11) is 0. The summed E-state index contributed by atoms with van der Waals surface area (Å²) in [6, 6.07) is 5.29. The molecule has 0 atom stereocenters. The number of rotatable bonds is 3. The van der Waals surface area contributed by atoms with Gasteiger partial charge in [0.25, 0.3) is 5.91 Å². The number of amides is 2. The van der Waals surface area contributed by atoms with Crippen molar-refractivity contribution in [1.29, 1.82) is 0 Å². The maximum Gasteiger partial charge on any atom is 0.251 e. The normalized spacial score (nSPS) is 13.8. The molecule has 0 radical (unpaired) electrons. The van der Waals surface area contributed by atoms with E-state index in [0.29, 0.717) is 31.5 Å². The quantitative estimate of drug-likeness (QED) is 0.700. The number of fused-ring (bicyclic) bond motifs is 1. The van der Waals surface area contributed by atoms with Crippen LogP contribution in [0.4, 0.5) is 5.69 Å². The fourth-order valence-corrected chi connectivity index (χ4v) is 1.81. The molecule has 1 aromatic carbocycles. The smallest absolute Gasteiger partial charge is 0.251 e. The first kappa shape index (κ1) is 11.6. The van der Waals surface area contributed by atoms with E-state index in [1.54, 1.807) is 12.1 Å². The highest BCUT2D eigenvalue weighted by Crippen LogP contribution is 2.23. The molecule has 4 N–H and O–H groups in total. The Morgan fingerprint density at radius 2 is 2.24 bits per heavy atom. The zero-order valence-electron chi connectivity index (χ0n) is 9.45. The SMILES string of the molecule is NCCNC(=O)c1ccc2c(c1)CCC(=O)N2. The van der Waals surface area contributed by atoms with Crippen LogP contribution < -0.4 is 16.4 Å². The second kappa shape index (κ2) is 4.97. The minimum atomic E-state index is -0.129. The molecule has 0 aromatic heterocycles. The van der Waals surface area contributed by atoms with Gasteiger partial charge < -0.3 is 16.4 Å². The highest BCUT2D eigenvalue weighted by atomic mass is 16.2. The van der Waals surface area contributed by atoms with Gasteiger partial charge in [-0.3, -0.25) is 9.59 Å². The Labute approximate surface area is 99.4 Å². The van der Waals surface area contributed by atoms with Crippen LogP contribution in [0, 0.1) is 0 Å². The summed E-state index contributed by atoms with van der Waals surface area (Å²) in [5.41, 5.74) is 7.73. The van der Waals surface area contributed by atoms with Crippen LogP contribution in [-0.2, 0) is 11.2 Å². The molecule has 90 valence electrons. The Kier molecular flexibility index (Phi) is 3.39. The molecular formula is C12H15N3O2. The Balaban J connectivity index is 2.16. The Morgan fingerprint density at radius 1 is 1.41 bits per heavy atom. The van der Waals surface area contributed by atoms with Crippen LogP contribution in [0.2, 0.25) is 0 Å². The first-order chi connectivity index (χ1) is 8.20. The molecule has 1 heterocycles. The van der Waals surface area contributed by atoms with E-state index in [-0.39, 0.29) is 11.8 Å². The molecule has 1 aromatic rings. The zero-order chi connectivity index (χ0) is 12.3. The zero-order valence-corrected chi connectivity index (χ0v) is 9.45. The van der Waals surface area contributed by atoms with E-state index in [2.05, 4.69) is 10.6 Å². The summed E-state index contributed by atoms with van der Waals surface area (Å²) in [4.78, 5) is 22.9. The van der Waals surface area contributed by atoms with Crippen LogP contribution >= 0.6 is 0 Å². The maximum atomic E-state index is 11.7. The topological polar surface area (TPSA) is 84.2 Å². The van der Waals surface area contributed by atoms with Gasteiger partial charge in [-0.1, -0.05) is 0 Å². The second-order valence-electron chi connectivity index (χ2n) is 3.96. The summed E-state index contributed by atoms with van der Waals surface area (Å²) in [5, 5.41) is 5.49. The van der Waals surface area contributed by atoms with Gasteiger partial charge in [-0.2, -0.15) is 0 Å². The van der Waals surface area contributed by atoms with Crippen molar-refractivity contribution in [3.63, 3.8) is 0 Å². The summed E-state index contributed by atoms with van der Waals surface area (Å²) in [6.45, 7) is 0.888. The van der Waals surface area contributed by atoms with Crippen LogP contribution in [0.3, 0.4) is 0 Å². The first-order valence-electron chi connectivity index (χ1n) is 5.62. The van der Waals surface area contributed by atoms with Gasteiger partial charge in [0, 0.05) is 30.8 Å². The van der Waals surface area contributed by atoms with Crippen molar-refractivity contribution in [1.82, 2.24) is 5.32 Å². The molecule has 1 aliphatic rings. The van der Waals surface area contributed by atoms with Gasteiger partial charge in [-0.15, -0.1) is 0 Å². The maximum absolute atomic E-state index is 11.7. The molecule has 0 saturated heterocycles. The molecule has 17 heavy (non-hydrogen) atoms. The summed E-state index contributed by atoms with van der Waals surface area (Å²) in [5.74, 6) is -0.104. The summed E-state index contributed by atoms with van der Waals surface area (Å²) < 4.78 is 0. The molecule has 2 rings (SSSR count). The van der Waals surface area contributed by atoms with Gasteiger partial charge in [-0.25, -0.2) is 0 Å². The molecule has 5 nitrogen and oxygen atoms in total. The molecule has 0 aliphatic carbocycles. The number of carbonyl (C=O) groups is 2. The lowest BCUT2D eigenvalue weighted by atomic mass is 10.00. The Bertz CT molecular complexity index is 457. The van der Waals surface area contributed by atoms with E-state index >= 15 is 0 Å². The predicted octanol–water partition coefficient (Wildman–Crippen LogP) is 0.260. The second-order valence-corrected chi connectivity index (χ2v) is 3.96. The fourth-order valence-electron chi connectivity index (χ4n) is 1.81. The van der Waals surface area contributed by atoms with Crippen molar-refractivity contribution in [2.45, 2.75) is 12.8 Å². The third kappa shape index (κ3) is 2.62. The van der Waals surface area contributed by atoms with E-state index < -0.39 is 0 Å². The van der Waals surface area contributed by atoms with Crippen molar-refractivity contribution < 1.29 is 9.59 Å². The van der Waals surface area contributed by atoms with E-state index in [1.807, 2.05) is 6.07 Å². The van der Waals surface area contributed by atoms with Crippen molar-refractivity contribution >= 4 is 17.5 Å². The predicted molar refractivity (Wildman–Crippen MR) is 64.8 cm³/mol. The van der Waals surface area contributed by atoms with E-state index in [1.165, 1.54) is 0 Å². The van der Waals surface area contributed by atoms with E-state index in [4.69, 9.17) is 5.73 Å². The average molecular weight is 233 g/mol. The van der Waals surface area contributed by atoms with E-state index in [9.17, 15) is 9.59 Å². The minimum absolute atomic E-state index is 0.0258. The molecule has 0 fully saturated rings. The first-order valence-corrected chi connectivity index (χ1v) is 5.62. The summed E-state index contributed by atoms with van der Waals surface area (Å²) in [6.07, 6.45) is 1.15. The molecule has 2 amide bonds. The number of benzene rings is 1. The lowest BCUT2D eigenvalue weighted by Gasteiger charge is -2.17. The van der Waals surface area contributed by atoms with Gasteiger partial charge >= 0.3 is 0 Å². The highest BCUT2D eigenvalue weighted by molar-refractivity contribution is 5.97. The third-order valence-electron chi connectivity index (χ3n) is 2.69. The van der Waals surface area contributed by atoms with Crippen molar-refractivity contribution in [3.8, 4) is 0 Å². The van der Waals surface area contributed by atoms with Gasteiger partial charge in [0.2, 0.25) is 5.91 Å². The van der Waals surface area contributed by atoms with Gasteiger partial charge in [0.05, 0.1) is 0 Å². The van der Waals surface area contributed by atoms with Crippen molar-refractivity contribution in [2.24, 2.45) is 5.73 Å².